The lowest BCUT2D eigenvalue weighted by Gasteiger charge is -2.13. The lowest BCUT2D eigenvalue weighted by molar-refractivity contribution is 0.0526. The van der Waals surface area contributed by atoms with Crippen molar-refractivity contribution in [2.45, 2.75) is 19.4 Å². The first-order valence-corrected chi connectivity index (χ1v) is 7.51. The first kappa shape index (κ1) is 15.8. The lowest BCUT2D eigenvalue weighted by atomic mass is 10.2. The molecule has 0 radical (unpaired) electrons. The molecule has 1 aliphatic heterocycles. The van der Waals surface area contributed by atoms with Gasteiger partial charge in [0.15, 0.2) is 0 Å². The summed E-state index contributed by atoms with van der Waals surface area (Å²) in [6, 6.07) is 4.63. The summed E-state index contributed by atoms with van der Waals surface area (Å²) in [5.41, 5.74) is 1.01. The quantitative estimate of drug-likeness (QED) is 0.812. The molecule has 1 aromatic carbocycles. The van der Waals surface area contributed by atoms with Gasteiger partial charge in [0.25, 0.3) is 0 Å². The smallest absolute Gasteiger partial charge is 0.338 e. The summed E-state index contributed by atoms with van der Waals surface area (Å²) in [4.78, 5) is 23.5. The number of hydrogen-bond donors (Lipinski definition) is 2. The van der Waals surface area contributed by atoms with E-state index in [1.54, 1.807) is 25.1 Å². The highest BCUT2D eigenvalue weighted by atomic mass is 79.9. The Balaban J connectivity index is 1.96. The van der Waals surface area contributed by atoms with Crippen LogP contribution in [0.3, 0.4) is 0 Å². The van der Waals surface area contributed by atoms with E-state index in [1.807, 2.05) is 0 Å². The highest BCUT2D eigenvalue weighted by Gasteiger charge is 2.18. The molecule has 6 nitrogen and oxygen atoms in total. The van der Waals surface area contributed by atoms with Crippen molar-refractivity contribution in [2.24, 2.45) is 0 Å². The number of nitrogens with one attached hydrogen (secondary N) is 2. The number of esters is 1. The van der Waals surface area contributed by atoms with Gasteiger partial charge < -0.3 is 20.1 Å². The van der Waals surface area contributed by atoms with E-state index in [0.29, 0.717) is 35.5 Å². The van der Waals surface area contributed by atoms with Gasteiger partial charge in [-0.05, 0) is 47.5 Å². The number of urea groups is 1. The van der Waals surface area contributed by atoms with Crippen molar-refractivity contribution in [2.75, 3.05) is 25.1 Å². The fourth-order valence-electron chi connectivity index (χ4n) is 1.95. The standard InChI is InChI=1S/C14H17BrN2O4/c1-2-21-13(18)9-3-4-12(11(15)7-9)17-14(19)16-10-5-6-20-8-10/h3-4,7,10H,2,5-6,8H2,1H3,(H2,16,17,19). The summed E-state index contributed by atoms with van der Waals surface area (Å²) >= 11 is 3.33. The number of carbonyl (C=O) groups is 2. The summed E-state index contributed by atoms with van der Waals surface area (Å²) < 4.78 is 10.7. The summed E-state index contributed by atoms with van der Waals surface area (Å²) in [7, 11) is 0. The Labute approximate surface area is 131 Å². The molecule has 7 heteroatoms. The summed E-state index contributed by atoms with van der Waals surface area (Å²) in [6.07, 6.45) is 0.816. The second-order valence-corrected chi connectivity index (χ2v) is 5.43. The average molecular weight is 357 g/mol. The molecule has 21 heavy (non-hydrogen) atoms. The van der Waals surface area contributed by atoms with Crippen LogP contribution in [-0.2, 0) is 9.47 Å². The minimum absolute atomic E-state index is 0.0441. The van der Waals surface area contributed by atoms with Crippen molar-refractivity contribution >= 4 is 33.6 Å². The van der Waals surface area contributed by atoms with Crippen LogP contribution < -0.4 is 10.6 Å². The predicted octanol–water partition coefficient (Wildman–Crippen LogP) is 2.54. The third-order valence-electron chi connectivity index (χ3n) is 2.99. The molecule has 1 saturated heterocycles. The van der Waals surface area contributed by atoms with Gasteiger partial charge >= 0.3 is 12.0 Å². The van der Waals surface area contributed by atoms with Gasteiger partial charge in [-0.3, -0.25) is 0 Å². The van der Waals surface area contributed by atoms with Crippen LogP contribution in [-0.4, -0.2) is 37.9 Å². The van der Waals surface area contributed by atoms with E-state index in [9.17, 15) is 9.59 Å². The van der Waals surface area contributed by atoms with Crippen LogP contribution >= 0.6 is 15.9 Å². The van der Waals surface area contributed by atoms with Gasteiger partial charge in [-0.2, -0.15) is 0 Å². The number of hydrogen-bond acceptors (Lipinski definition) is 4. The molecule has 0 bridgehead atoms. The number of amides is 2. The molecule has 2 amide bonds. The second kappa shape index (κ2) is 7.42. The van der Waals surface area contributed by atoms with Crippen molar-refractivity contribution in [3.05, 3.63) is 28.2 Å². The number of ether oxygens (including phenoxy) is 2. The number of benzene rings is 1. The van der Waals surface area contributed by atoms with Crippen LogP contribution in [0.5, 0.6) is 0 Å². The summed E-state index contributed by atoms with van der Waals surface area (Å²) in [5.74, 6) is -0.391. The van der Waals surface area contributed by atoms with Crippen LogP contribution in [0.25, 0.3) is 0 Å². The maximum absolute atomic E-state index is 11.9. The van der Waals surface area contributed by atoms with Crippen molar-refractivity contribution in [3.8, 4) is 0 Å². The van der Waals surface area contributed by atoms with E-state index in [4.69, 9.17) is 9.47 Å². The van der Waals surface area contributed by atoms with Crippen LogP contribution in [0.15, 0.2) is 22.7 Å². The Hall–Kier alpha value is -1.60. The molecule has 2 N–H and O–H groups in total. The third kappa shape index (κ3) is 4.44. The average Bonchev–Trinajstić information content (AvgIpc) is 2.94. The fourth-order valence-corrected chi connectivity index (χ4v) is 2.43. The van der Waals surface area contributed by atoms with Gasteiger partial charge in [0.2, 0.25) is 0 Å². The Morgan fingerprint density at radius 1 is 1.48 bits per heavy atom. The zero-order valence-corrected chi connectivity index (χ0v) is 13.2. The van der Waals surface area contributed by atoms with Gasteiger partial charge in [0, 0.05) is 11.1 Å². The highest BCUT2D eigenvalue weighted by molar-refractivity contribution is 9.10. The Kier molecular flexibility index (Phi) is 5.58. The molecule has 1 heterocycles. The van der Waals surface area contributed by atoms with Crippen molar-refractivity contribution in [3.63, 3.8) is 0 Å². The molecule has 1 aromatic rings. The normalized spacial score (nSPS) is 17.3. The molecule has 1 atom stereocenters. The van der Waals surface area contributed by atoms with Crippen LogP contribution in [0.4, 0.5) is 10.5 Å². The Bertz CT molecular complexity index is 530. The fraction of sp³-hybridized carbons (Fsp3) is 0.429. The van der Waals surface area contributed by atoms with Gasteiger partial charge in [-0.25, -0.2) is 9.59 Å². The van der Waals surface area contributed by atoms with Crippen molar-refractivity contribution < 1.29 is 19.1 Å². The SMILES string of the molecule is CCOC(=O)c1ccc(NC(=O)NC2CCOC2)c(Br)c1. The zero-order chi connectivity index (χ0) is 15.2. The van der Waals surface area contributed by atoms with Crippen LogP contribution in [0.2, 0.25) is 0 Å². The van der Waals surface area contributed by atoms with Gasteiger partial charge in [0.05, 0.1) is 30.5 Å². The number of carbonyl (C=O) groups excluding carboxylic acids is 2. The largest absolute Gasteiger partial charge is 0.462 e. The van der Waals surface area contributed by atoms with E-state index in [2.05, 4.69) is 26.6 Å². The molecule has 114 valence electrons. The van der Waals surface area contributed by atoms with E-state index >= 15 is 0 Å². The van der Waals surface area contributed by atoms with Gasteiger partial charge in [-0.1, -0.05) is 0 Å². The minimum atomic E-state index is -0.391. The van der Waals surface area contributed by atoms with Gasteiger partial charge in [-0.15, -0.1) is 0 Å². The Morgan fingerprint density at radius 3 is 2.90 bits per heavy atom. The lowest BCUT2D eigenvalue weighted by Crippen LogP contribution is -2.38. The van der Waals surface area contributed by atoms with E-state index in [-0.39, 0.29) is 12.1 Å². The van der Waals surface area contributed by atoms with E-state index in [0.717, 1.165) is 6.42 Å². The summed E-state index contributed by atoms with van der Waals surface area (Å²) in [6.45, 7) is 3.28. The topological polar surface area (TPSA) is 76.7 Å². The molecular weight excluding hydrogens is 340 g/mol. The maximum Gasteiger partial charge on any atom is 0.338 e. The minimum Gasteiger partial charge on any atom is -0.462 e. The van der Waals surface area contributed by atoms with Gasteiger partial charge in [0.1, 0.15) is 0 Å². The molecule has 0 saturated carbocycles. The first-order valence-electron chi connectivity index (χ1n) is 6.72. The maximum atomic E-state index is 11.9. The highest BCUT2D eigenvalue weighted by Crippen LogP contribution is 2.24. The van der Waals surface area contributed by atoms with Crippen molar-refractivity contribution in [1.82, 2.24) is 5.32 Å². The Morgan fingerprint density at radius 2 is 2.29 bits per heavy atom. The molecule has 2 rings (SSSR count). The molecule has 1 aliphatic rings. The monoisotopic (exact) mass is 356 g/mol. The van der Waals surface area contributed by atoms with Crippen LogP contribution in [0, 0.1) is 0 Å². The first-order chi connectivity index (χ1) is 10.1. The molecule has 0 aliphatic carbocycles. The molecule has 1 unspecified atom stereocenters. The number of anilines is 1. The second-order valence-electron chi connectivity index (χ2n) is 4.57. The molecule has 0 aromatic heterocycles. The third-order valence-corrected chi connectivity index (χ3v) is 3.65. The zero-order valence-electron chi connectivity index (χ0n) is 11.6. The molecular formula is C14H17BrN2O4. The van der Waals surface area contributed by atoms with E-state index in [1.165, 1.54) is 0 Å². The van der Waals surface area contributed by atoms with Crippen molar-refractivity contribution in [1.29, 1.82) is 0 Å². The van der Waals surface area contributed by atoms with Crippen LogP contribution in [0.1, 0.15) is 23.7 Å². The number of halogens is 1. The van der Waals surface area contributed by atoms with E-state index < -0.39 is 5.97 Å². The summed E-state index contributed by atoms with van der Waals surface area (Å²) in [5, 5.41) is 5.56. The predicted molar refractivity (Wildman–Crippen MR) is 81.5 cm³/mol. The molecule has 1 fully saturated rings. The number of rotatable bonds is 4. The molecule has 0 spiro atoms.